The lowest BCUT2D eigenvalue weighted by Gasteiger charge is -2.10. The van der Waals surface area contributed by atoms with Crippen LogP contribution in [-0.2, 0) is 11.3 Å². The molecule has 0 aliphatic rings. The Morgan fingerprint density at radius 2 is 2.00 bits per heavy atom. The van der Waals surface area contributed by atoms with E-state index in [0.717, 1.165) is 11.1 Å². The van der Waals surface area contributed by atoms with Gasteiger partial charge in [0.25, 0.3) is 0 Å². The van der Waals surface area contributed by atoms with E-state index in [1.54, 1.807) is 28.9 Å². The predicted octanol–water partition coefficient (Wildman–Crippen LogP) is 2.23. The summed E-state index contributed by atoms with van der Waals surface area (Å²) < 4.78 is 6.47. The number of hydrogen-bond acceptors (Lipinski definition) is 4. The van der Waals surface area contributed by atoms with Gasteiger partial charge in [0, 0.05) is 5.39 Å². The molecule has 0 spiro atoms. The summed E-state index contributed by atoms with van der Waals surface area (Å²) in [4.78, 5) is 23.4. The molecule has 22 heavy (non-hydrogen) atoms. The molecule has 0 fully saturated rings. The van der Waals surface area contributed by atoms with Crippen LogP contribution in [0.25, 0.3) is 10.9 Å². The SMILES string of the molecule is COC(=O)c1cccc(Cn2ncc(=O)c3ccccc32)c1. The van der Waals surface area contributed by atoms with Gasteiger partial charge >= 0.3 is 5.97 Å². The lowest BCUT2D eigenvalue weighted by atomic mass is 10.1. The molecule has 3 aromatic rings. The molecule has 0 aliphatic carbocycles. The molecule has 2 aromatic carbocycles. The van der Waals surface area contributed by atoms with Gasteiger partial charge in [-0.3, -0.25) is 9.48 Å². The second kappa shape index (κ2) is 5.81. The molecular weight excluding hydrogens is 280 g/mol. The van der Waals surface area contributed by atoms with Gasteiger partial charge in [0.1, 0.15) is 0 Å². The number of hydrogen-bond donors (Lipinski definition) is 0. The lowest BCUT2D eigenvalue weighted by molar-refractivity contribution is 0.0600. The Bertz CT molecular complexity index is 900. The zero-order valence-corrected chi connectivity index (χ0v) is 12.0. The first-order valence-corrected chi connectivity index (χ1v) is 6.81. The fourth-order valence-electron chi connectivity index (χ4n) is 2.37. The Labute approximate surface area is 126 Å². The number of esters is 1. The third-order valence-electron chi connectivity index (χ3n) is 3.44. The number of carbonyl (C=O) groups is 1. The van der Waals surface area contributed by atoms with Crippen LogP contribution in [0.1, 0.15) is 15.9 Å². The summed E-state index contributed by atoms with van der Waals surface area (Å²) >= 11 is 0. The number of nitrogens with zero attached hydrogens (tertiary/aromatic N) is 2. The summed E-state index contributed by atoms with van der Waals surface area (Å²) in [7, 11) is 1.35. The molecule has 0 unspecified atom stereocenters. The second-order valence-corrected chi connectivity index (χ2v) is 4.88. The molecule has 3 rings (SSSR count). The van der Waals surface area contributed by atoms with E-state index in [1.807, 2.05) is 24.3 Å². The molecule has 110 valence electrons. The van der Waals surface area contributed by atoms with E-state index < -0.39 is 0 Å². The summed E-state index contributed by atoms with van der Waals surface area (Å²) in [6.45, 7) is 0.464. The van der Waals surface area contributed by atoms with Gasteiger partial charge in [0.05, 0.1) is 30.9 Å². The van der Waals surface area contributed by atoms with Gasteiger partial charge in [-0.05, 0) is 29.8 Å². The highest BCUT2D eigenvalue weighted by Crippen LogP contribution is 2.12. The first-order chi connectivity index (χ1) is 10.7. The number of carbonyl (C=O) groups excluding carboxylic acids is 1. The minimum absolute atomic E-state index is 0.102. The van der Waals surface area contributed by atoms with Gasteiger partial charge in [0.15, 0.2) is 0 Å². The zero-order valence-electron chi connectivity index (χ0n) is 12.0. The summed E-state index contributed by atoms with van der Waals surface area (Å²) in [5.41, 5.74) is 2.06. The molecule has 1 heterocycles. The molecule has 0 amide bonds. The topological polar surface area (TPSA) is 61.2 Å². The van der Waals surface area contributed by atoms with Gasteiger partial charge in [-0.25, -0.2) is 4.79 Å². The van der Waals surface area contributed by atoms with Crippen molar-refractivity contribution in [1.29, 1.82) is 0 Å². The largest absolute Gasteiger partial charge is 0.465 e. The van der Waals surface area contributed by atoms with Crippen molar-refractivity contribution in [2.75, 3.05) is 7.11 Å². The first-order valence-electron chi connectivity index (χ1n) is 6.81. The maximum absolute atomic E-state index is 11.8. The van der Waals surface area contributed by atoms with Gasteiger partial charge in [-0.15, -0.1) is 0 Å². The van der Waals surface area contributed by atoms with Crippen LogP contribution < -0.4 is 5.43 Å². The van der Waals surface area contributed by atoms with Crippen molar-refractivity contribution in [3.63, 3.8) is 0 Å². The molecule has 1 aromatic heterocycles. The average Bonchev–Trinajstić information content (AvgIpc) is 2.57. The maximum Gasteiger partial charge on any atom is 0.337 e. The number of para-hydroxylation sites is 1. The Kier molecular flexibility index (Phi) is 3.70. The van der Waals surface area contributed by atoms with Gasteiger partial charge in [-0.2, -0.15) is 5.10 Å². The van der Waals surface area contributed by atoms with Crippen molar-refractivity contribution >= 4 is 16.9 Å². The molecule has 0 N–H and O–H groups in total. The van der Waals surface area contributed by atoms with Crippen molar-refractivity contribution in [3.8, 4) is 0 Å². The van der Waals surface area contributed by atoms with Gasteiger partial charge in [0.2, 0.25) is 5.43 Å². The molecule has 5 nitrogen and oxygen atoms in total. The van der Waals surface area contributed by atoms with E-state index >= 15 is 0 Å². The van der Waals surface area contributed by atoms with Crippen LogP contribution in [0.2, 0.25) is 0 Å². The Morgan fingerprint density at radius 1 is 1.18 bits per heavy atom. The van der Waals surface area contributed by atoms with Crippen molar-refractivity contribution in [3.05, 3.63) is 76.1 Å². The Morgan fingerprint density at radius 3 is 2.82 bits per heavy atom. The van der Waals surface area contributed by atoms with Crippen molar-refractivity contribution in [2.45, 2.75) is 6.54 Å². The molecule has 5 heteroatoms. The summed E-state index contributed by atoms with van der Waals surface area (Å²) in [6, 6.07) is 14.5. The highest BCUT2D eigenvalue weighted by molar-refractivity contribution is 5.89. The van der Waals surface area contributed by atoms with Crippen LogP contribution in [0.5, 0.6) is 0 Å². The van der Waals surface area contributed by atoms with Crippen LogP contribution >= 0.6 is 0 Å². The van der Waals surface area contributed by atoms with E-state index in [9.17, 15) is 9.59 Å². The third-order valence-corrected chi connectivity index (χ3v) is 3.44. The fraction of sp³-hybridized carbons (Fsp3) is 0.118. The van der Waals surface area contributed by atoms with E-state index in [0.29, 0.717) is 17.5 Å². The van der Waals surface area contributed by atoms with Crippen molar-refractivity contribution in [1.82, 2.24) is 9.78 Å². The second-order valence-electron chi connectivity index (χ2n) is 4.88. The normalized spacial score (nSPS) is 10.6. The Hall–Kier alpha value is -2.95. The summed E-state index contributed by atoms with van der Waals surface area (Å²) in [6.07, 6.45) is 1.31. The van der Waals surface area contributed by atoms with E-state index in [4.69, 9.17) is 4.74 Å². The van der Waals surface area contributed by atoms with Crippen LogP contribution in [-0.4, -0.2) is 22.9 Å². The zero-order chi connectivity index (χ0) is 15.5. The molecule has 0 saturated heterocycles. The monoisotopic (exact) mass is 294 g/mol. The highest BCUT2D eigenvalue weighted by Gasteiger charge is 2.08. The number of aromatic nitrogens is 2. The number of rotatable bonds is 3. The third kappa shape index (κ3) is 2.61. The van der Waals surface area contributed by atoms with E-state index in [1.165, 1.54) is 13.3 Å². The van der Waals surface area contributed by atoms with E-state index in [-0.39, 0.29) is 11.4 Å². The molecular formula is C17H14N2O3. The highest BCUT2D eigenvalue weighted by atomic mass is 16.5. The molecule has 0 radical (unpaired) electrons. The van der Waals surface area contributed by atoms with Crippen LogP contribution in [0.3, 0.4) is 0 Å². The van der Waals surface area contributed by atoms with Crippen LogP contribution in [0.15, 0.2) is 59.5 Å². The quantitative estimate of drug-likeness (QED) is 0.695. The molecule has 0 bridgehead atoms. The molecule has 0 saturated carbocycles. The smallest absolute Gasteiger partial charge is 0.337 e. The number of fused-ring (bicyclic) bond motifs is 1. The van der Waals surface area contributed by atoms with E-state index in [2.05, 4.69) is 5.10 Å². The van der Waals surface area contributed by atoms with Crippen LogP contribution in [0.4, 0.5) is 0 Å². The minimum atomic E-state index is -0.375. The standard InChI is InChI=1S/C17H14N2O3/c1-22-17(21)13-6-4-5-12(9-13)11-19-15-8-3-2-7-14(15)16(20)10-18-19/h2-10H,11H2,1H3. The van der Waals surface area contributed by atoms with Gasteiger partial charge < -0.3 is 4.74 Å². The summed E-state index contributed by atoms with van der Waals surface area (Å²) in [5, 5.41) is 4.81. The first kappa shape index (κ1) is 14.0. The fourth-order valence-corrected chi connectivity index (χ4v) is 2.37. The average molecular weight is 294 g/mol. The predicted molar refractivity (Wildman–Crippen MR) is 82.9 cm³/mol. The van der Waals surface area contributed by atoms with Crippen LogP contribution in [0, 0.1) is 0 Å². The lowest BCUT2D eigenvalue weighted by Crippen LogP contribution is -2.13. The minimum Gasteiger partial charge on any atom is -0.465 e. The maximum atomic E-state index is 11.8. The number of methoxy groups -OCH3 is 1. The van der Waals surface area contributed by atoms with Crippen molar-refractivity contribution in [2.24, 2.45) is 0 Å². The number of ether oxygens (including phenoxy) is 1. The Balaban J connectivity index is 2.02. The van der Waals surface area contributed by atoms with Crippen molar-refractivity contribution < 1.29 is 9.53 Å². The molecule has 0 atom stereocenters. The summed E-state index contributed by atoms with van der Waals surface area (Å²) in [5.74, 6) is -0.375. The molecule has 0 aliphatic heterocycles. The number of benzene rings is 2. The van der Waals surface area contributed by atoms with Gasteiger partial charge in [-0.1, -0.05) is 24.3 Å².